The monoisotopic (exact) mass is 456 g/mol. The number of rotatable bonds is 14. The molecule has 0 amide bonds. The van der Waals surface area contributed by atoms with Crippen molar-refractivity contribution in [1.82, 2.24) is 0 Å². The van der Waals surface area contributed by atoms with Gasteiger partial charge in [-0.2, -0.15) is 0 Å². The van der Waals surface area contributed by atoms with E-state index in [1.807, 2.05) is 0 Å². The predicted octanol–water partition coefficient (Wildman–Crippen LogP) is 2.19. The smallest absolute Gasteiger partial charge is 0.330 e. The average Bonchev–Trinajstić information content (AvgIpc) is 2.78. The van der Waals surface area contributed by atoms with Gasteiger partial charge in [-0.25, -0.2) is 4.79 Å². The van der Waals surface area contributed by atoms with Crippen LogP contribution in [-0.2, 0) is 42.9 Å². The van der Waals surface area contributed by atoms with Gasteiger partial charge in [-0.1, -0.05) is 6.58 Å². The van der Waals surface area contributed by atoms with Gasteiger partial charge in [0.05, 0.1) is 37.9 Å². The normalized spacial score (nSPS) is 18.7. The third kappa shape index (κ3) is 11.5. The van der Waals surface area contributed by atoms with Crippen LogP contribution < -0.4 is 0 Å². The highest BCUT2D eigenvalue weighted by Crippen LogP contribution is 2.29. The van der Waals surface area contributed by atoms with Crippen molar-refractivity contribution in [2.45, 2.75) is 64.4 Å². The van der Waals surface area contributed by atoms with Crippen molar-refractivity contribution in [2.24, 2.45) is 11.8 Å². The van der Waals surface area contributed by atoms with E-state index < -0.39 is 30.0 Å². The number of aliphatic carboxylic acids is 1. The molecule has 1 saturated carbocycles. The standard InChI is InChI=1S/C22H32O10/c1-3-18(23)32-15(2)14-31-20(25)11-10-19(24)29-12-4-5-13-30-22(28)17-8-6-16(7-9-17)21(26)27/h3,15-17H,1,4-14H2,2H3,(H,26,27). The number of carbonyl (C=O) groups excluding carboxylic acids is 4. The van der Waals surface area contributed by atoms with E-state index in [-0.39, 0.29) is 50.5 Å². The summed E-state index contributed by atoms with van der Waals surface area (Å²) in [6, 6.07) is 0. The van der Waals surface area contributed by atoms with E-state index in [0.717, 1.165) is 6.08 Å². The van der Waals surface area contributed by atoms with E-state index in [0.29, 0.717) is 38.5 Å². The first-order valence-corrected chi connectivity index (χ1v) is 10.8. The maximum atomic E-state index is 12.0. The Bertz CT molecular complexity index is 664. The van der Waals surface area contributed by atoms with E-state index in [2.05, 4.69) is 6.58 Å². The minimum absolute atomic E-state index is 0.118. The lowest BCUT2D eigenvalue weighted by Crippen LogP contribution is -2.27. The number of ether oxygens (including phenoxy) is 4. The van der Waals surface area contributed by atoms with Gasteiger partial charge in [0.1, 0.15) is 12.7 Å². The van der Waals surface area contributed by atoms with Crippen molar-refractivity contribution < 1.29 is 48.0 Å². The zero-order valence-electron chi connectivity index (χ0n) is 18.4. The largest absolute Gasteiger partial charge is 0.481 e. The molecule has 0 aromatic rings. The Hall–Kier alpha value is -2.91. The number of hydrogen-bond acceptors (Lipinski definition) is 9. The first-order chi connectivity index (χ1) is 15.2. The van der Waals surface area contributed by atoms with Crippen molar-refractivity contribution in [3.8, 4) is 0 Å². The van der Waals surface area contributed by atoms with Gasteiger partial charge in [0.2, 0.25) is 0 Å². The van der Waals surface area contributed by atoms with Gasteiger partial charge >= 0.3 is 29.8 Å². The van der Waals surface area contributed by atoms with E-state index >= 15 is 0 Å². The fourth-order valence-electron chi connectivity index (χ4n) is 3.10. The first-order valence-electron chi connectivity index (χ1n) is 10.8. The second kappa shape index (κ2) is 15.0. The summed E-state index contributed by atoms with van der Waals surface area (Å²) in [5.74, 6) is -3.51. The Labute approximate surface area is 187 Å². The molecule has 0 saturated heterocycles. The zero-order valence-corrected chi connectivity index (χ0v) is 18.4. The van der Waals surface area contributed by atoms with Gasteiger partial charge in [-0.15, -0.1) is 0 Å². The summed E-state index contributed by atoms with van der Waals surface area (Å²) in [5.41, 5.74) is 0. The molecule has 0 spiro atoms. The molecule has 10 nitrogen and oxygen atoms in total. The first kappa shape index (κ1) is 27.1. The van der Waals surface area contributed by atoms with Gasteiger partial charge in [0.25, 0.3) is 0 Å². The van der Waals surface area contributed by atoms with E-state index in [9.17, 15) is 24.0 Å². The molecular weight excluding hydrogens is 424 g/mol. The minimum atomic E-state index is -0.815. The number of hydrogen-bond donors (Lipinski definition) is 1. The summed E-state index contributed by atoms with van der Waals surface area (Å²) >= 11 is 0. The van der Waals surface area contributed by atoms with Crippen molar-refractivity contribution in [1.29, 1.82) is 0 Å². The number of carboxylic acid groups (broad SMARTS) is 1. The third-order valence-corrected chi connectivity index (χ3v) is 4.95. The molecule has 0 bridgehead atoms. The highest BCUT2D eigenvalue weighted by molar-refractivity contribution is 5.81. The Morgan fingerprint density at radius 1 is 0.906 bits per heavy atom. The van der Waals surface area contributed by atoms with Crippen LogP contribution in [-0.4, -0.2) is 60.9 Å². The van der Waals surface area contributed by atoms with Gasteiger partial charge < -0.3 is 24.1 Å². The molecule has 1 unspecified atom stereocenters. The Morgan fingerprint density at radius 3 is 2.00 bits per heavy atom. The summed E-state index contributed by atoms with van der Waals surface area (Å²) in [6.07, 6.45) is 3.15. The lowest BCUT2D eigenvalue weighted by Gasteiger charge is -2.24. The van der Waals surface area contributed by atoms with Crippen LogP contribution in [0, 0.1) is 11.8 Å². The molecule has 10 heteroatoms. The zero-order chi connectivity index (χ0) is 23.9. The average molecular weight is 456 g/mol. The molecule has 0 aliphatic heterocycles. The second-order valence-electron chi connectivity index (χ2n) is 7.62. The van der Waals surface area contributed by atoms with Gasteiger partial charge in [-0.05, 0) is 45.4 Å². The SMILES string of the molecule is C=CC(=O)OC(C)COC(=O)CCC(=O)OCCCCOC(=O)C1CCC(C(=O)O)CC1. The van der Waals surface area contributed by atoms with Crippen molar-refractivity contribution in [3.05, 3.63) is 12.7 Å². The fourth-order valence-corrected chi connectivity index (χ4v) is 3.10. The maximum absolute atomic E-state index is 12.0. The highest BCUT2D eigenvalue weighted by Gasteiger charge is 2.30. The van der Waals surface area contributed by atoms with Crippen LogP contribution in [0.1, 0.15) is 58.3 Å². The molecule has 32 heavy (non-hydrogen) atoms. The Balaban J connectivity index is 2.02. The van der Waals surface area contributed by atoms with Crippen LogP contribution in [0.2, 0.25) is 0 Å². The Kier molecular flexibility index (Phi) is 12.7. The van der Waals surface area contributed by atoms with E-state index in [1.165, 1.54) is 0 Å². The second-order valence-corrected chi connectivity index (χ2v) is 7.62. The molecule has 1 rings (SSSR count). The van der Waals surface area contributed by atoms with Crippen LogP contribution in [0.3, 0.4) is 0 Å². The van der Waals surface area contributed by atoms with Crippen LogP contribution >= 0.6 is 0 Å². The van der Waals surface area contributed by atoms with E-state index in [1.54, 1.807) is 6.92 Å². The highest BCUT2D eigenvalue weighted by atomic mass is 16.6. The summed E-state index contributed by atoms with van der Waals surface area (Å²) < 4.78 is 20.0. The molecular formula is C22H32O10. The van der Waals surface area contributed by atoms with E-state index in [4.69, 9.17) is 24.1 Å². The van der Waals surface area contributed by atoms with Gasteiger partial charge in [0.15, 0.2) is 0 Å². The Morgan fingerprint density at radius 2 is 1.44 bits per heavy atom. The molecule has 0 aromatic heterocycles. The minimum Gasteiger partial charge on any atom is -0.481 e. The maximum Gasteiger partial charge on any atom is 0.330 e. The topological polar surface area (TPSA) is 142 Å². The molecule has 1 aliphatic carbocycles. The van der Waals surface area contributed by atoms with Gasteiger partial charge in [-0.3, -0.25) is 19.2 Å². The van der Waals surface area contributed by atoms with Crippen molar-refractivity contribution in [3.63, 3.8) is 0 Å². The molecule has 1 aliphatic rings. The molecule has 1 fully saturated rings. The van der Waals surface area contributed by atoms with Crippen LogP contribution in [0.4, 0.5) is 0 Å². The summed E-state index contributed by atoms with van der Waals surface area (Å²) in [5, 5.41) is 8.97. The number of carbonyl (C=O) groups is 5. The van der Waals surface area contributed by atoms with Crippen LogP contribution in [0.15, 0.2) is 12.7 Å². The lowest BCUT2D eigenvalue weighted by atomic mass is 9.82. The van der Waals surface area contributed by atoms with Crippen LogP contribution in [0.5, 0.6) is 0 Å². The number of unbranched alkanes of at least 4 members (excludes halogenated alkanes) is 1. The quantitative estimate of drug-likeness (QED) is 0.179. The number of esters is 4. The van der Waals surface area contributed by atoms with Crippen LogP contribution in [0.25, 0.3) is 0 Å². The lowest BCUT2D eigenvalue weighted by molar-refractivity contribution is -0.156. The fraction of sp³-hybridized carbons (Fsp3) is 0.682. The predicted molar refractivity (Wildman–Crippen MR) is 110 cm³/mol. The molecule has 0 aromatic carbocycles. The number of carboxylic acids is 1. The molecule has 0 radical (unpaired) electrons. The molecule has 1 atom stereocenters. The third-order valence-electron chi connectivity index (χ3n) is 4.95. The molecule has 180 valence electrons. The summed E-state index contributed by atoms with van der Waals surface area (Å²) in [6.45, 7) is 5.05. The molecule has 0 heterocycles. The van der Waals surface area contributed by atoms with Crippen molar-refractivity contribution in [2.75, 3.05) is 19.8 Å². The summed E-state index contributed by atoms with van der Waals surface area (Å²) in [4.78, 5) is 57.2. The van der Waals surface area contributed by atoms with Crippen molar-refractivity contribution >= 4 is 29.8 Å². The summed E-state index contributed by atoms with van der Waals surface area (Å²) in [7, 11) is 0. The molecule has 1 N–H and O–H groups in total. The van der Waals surface area contributed by atoms with Gasteiger partial charge in [0, 0.05) is 6.08 Å².